The van der Waals surface area contributed by atoms with Crippen molar-refractivity contribution >= 4 is 56.4 Å². The van der Waals surface area contributed by atoms with E-state index >= 15 is 0 Å². The van der Waals surface area contributed by atoms with Crippen molar-refractivity contribution in [2.24, 2.45) is 0 Å². The molecule has 4 N–H and O–H groups in total. The molecule has 4 nitrogen and oxygen atoms in total. The summed E-state index contributed by atoms with van der Waals surface area (Å²) in [7, 11) is 0. The number of thioether (sulfide) groups is 1. The molecule has 2 unspecified atom stereocenters. The van der Waals surface area contributed by atoms with Crippen LogP contribution in [0.1, 0.15) is 16.6 Å². The lowest BCUT2D eigenvalue weighted by molar-refractivity contribution is 0.0941. The van der Waals surface area contributed by atoms with Crippen LogP contribution in [0.3, 0.4) is 0 Å². The summed E-state index contributed by atoms with van der Waals surface area (Å²) >= 11 is 8.98. The van der Waals surface area contributed by atoms with Crippen LogP contribution in [-0.2, 0) is 0 Å². The van der Waals surface area contributed by atoms with E-state index < -0.39 is 0 Å². The number of hydrogen-bond donors (Lipinski definition) is 3. The highest BCUT2D eigenvalue weighted by Gasteiger charge is 2.22. The van der Waals surface area contributed by atoms with E-state index in [0.29, 0.717) is 15.6 Å². The number of amides is 1. The van der Waals surface area contributed by atoms with Crippen molar-refractivity contribution < 1.29 is 9.90 Å². The fourth-order valence-electron chi connectivity index (χ4n) is 2.10. The summed E-state index contributed by atoms with van der Waals surface area (Å²) < 4.78 is 0.890. The van der Waals surface area contributed by atoms with E-state index in [4.69, 9.17) is 17.3 Å². The first-order chi connectivity index (χ1) is 9.99. The Morgan fingerprint density at radius 2 is 2.29 bits per heavy atom. The SMILES string of the molecule is CSC(CO)C(C)NC(=O)c1sc2cccc(Cl)c2c1N. The molecule has 0 spiro atoms. The van der Waals surface area contributed by atoms with E-state index in [1.165, 1.54) is 23.1 Å². The van der Waals surface area contributed by atoms with Crippen molar-refractivity contribution in [1.82, 2.24) is 5.32 Å². The third kappa shape index (κ3) is 3.29. The second kappa shape index (κ2) is 6.87. The maximum Gasteiger partial charge on any atom is 0.263 e. The first kappa shape index (κ1) is 16.4. The normalized spacial score (nSPS) is 14.1. The number of aliphatic hydroxyl groups is 1. The molecule has 0 aliphatic rings. The van der Waals surface area contributed by atoms with Crippen molar-refractivity contribution in [3.8, 4) is 0 Å². The molecule has 1 amide bonds. The van der Waals surface area contributed by atoms with Gasteiger partial charge in [-0.15, -0.1) is 11.3 Å². The fraction of sp³-hybridized carbons (Fsp3) is 0.357. The Morgan fingerprint density at radius 1 is 1.57 bits per heavy atom. The van der Waals surface area contributed by atoms with Crippen LogP contribution in [0, 0.1) is 0 Å². The predicted molar refractivity (Wildman–Crippen MR) is 92.6 cm³/mol. The monoisotopic (exact) mass is 344 g/mol. The number of benzene rings is 1. The van der Waals surface area contributed by atoms with Crippen molar-refractivity contribution in [2.75, 3.05) is 18.6 Å². The number of halogens is 1. The van der Waals surface area contributed by atoms with E-state index in [2.05, 4.69) is 5.32 Å². The van der Waals surface area contributed by atoms with Gasteiger partial charge in [-0.2, -0.15) is 11.8 Å². The van der Waals surface area contributed by atoms with Crippen LogP contribution in [0.25, 0.3) is 10.1 Å². The summed E-state index contributed by atoms with van der Waals surface area (Å²) in [6, 6.07) is 5.33. The van der Waals surface area contributed by atoms with Gasteiger partial charge in [0.05, 0.1) is 17.3 Å². The average molecular weight is 345 g/mol. The van der Waals surface area contributed by atoms with Gasteiger partial charge in [0.15, 0.2) is 0 Å². The van der Waals surface area contributed by atoms with Crippen LogP contribution in [0.2, 0.25) is 5.02 Å². The number of anilines is 1. The summed E-state index contributed by atoms with van der Waals surface area (Å²) in [5.74, 6) is -0.232. The molecule has 114 valence electrons. The van der Waals surface area contributed by atoms with Gasteiger partial charge in [-0.1, -0.05) is 17.7 Å². The average Bonchev–Trinajstić information content (AvgIpc) is 2.79. The van der Waals surface area contributed by atoms with E-state index in [0.717, 1.165) is 10.1 Å². The molecule has 0 aliphatic carbocycles. The van der Waals surface area contributed by atoms with Crippen LogP contribution in [0.5, 0.6) is 0 Å². The number of carbonyl (C=O) groups excluding carboxylic acids is 1. The van der Waals surface area contributed by atoms with Gasteiger partial charge >= 0.3 is 0 Å². The molecule has 0 radical (unpaired) electrons. The molecule has 2 atom stereocenters. The summed E-state index contributed by atoms with van der Waals surface area (Å²) in [5.41, 5.74) is 6.48. The van der Waals surface area contributed by atoms with Crippen molar-refractivity contribution in [1.29, 1.82) is 0 Å². The Bertz CT molecular complexity index is 656. The molecule has 0 aliphatic heterocycles. The fourth-order valence-corrected chi connectivity index (χ4v) is 4.11. The second-order valence-electron chi connectivity index (χ2n) is 4.68. The van der Waals surface area contributed by atoms with Gasteiger partial charge in [-0.3, -0.25) is 4.79 Å². The number of nitrogens with one attached hydrogen (secondary N) is 1. The lowest BCUT2D eigenvalue weighted by atomic mass is 10.2. The van der Waals surface area contributed by atoms with Gasteiger partial charge in [-0.05, 0) is 25.3 Å². The van der Waals surface area contributed by atoms with Gasteiger partial charge in [-0.25, -0.2) is 0 Å². The Balaban J connectivity index is 2.28. The largest absolute Gasteiger partial charge is 0.397 e. The molecular weight excluding hydrogens is 328 g/mol. The lowest BCUT2D eigenvalue weighted by Crippen LogP contribution is -2.41. The molecule has 21 heavy (non-hydrogen) atoms. The van der Waals surface area contributed by atoms with Gasteiger partial charge < -0.3 is 16.2 Å². The Hall–Kier alpha value is -0.950. The van der Waals surface area contributed by atoms with Gasteiger partial charge in [0.25, 0.3) is 5.91 Å². The molecule has 1 heterocycles. The van der Waals surface area contributed by atoms with E-state index in [1.807, 2.05) is 25.3 Å². The van der Waals surface area contributed by atoms with E-state index in [-0.39, 0.29) is 23.8 Å². The molecule has 2 aromatic rings. The molecule has 1 aromatic carbocycles. The van der Waals surface area contributed by atoms with E-state index in [1.54, 1.807) is 6.07 Å². The number of carbonyl (C=O) groups is 1. The highest BCUT2D eigenvalue weighted by molar-refractivity contribution is 7.99. The first-order valence-corrected chi connectivity index (χ1v) is 8.88. The first-order valence-electron chi connectivity index (χ1n) is 6.40. The molecule has 0 bridgehead atoms. The zero-order chi connectivity index (χ0) is 15.6. The minimum absolute atomic E-state index is 0.0103. The Labute approximate surface area is 136 Å². The quantitative estimate of drug-likeness (QED) is 0.779. The molecule has 0 fully saturated rings. The zero-order valence-electron chi connectivity index (χ0n) is 11.7. The van der Waals surface area contributed by atoms with Crippen LogP contribution < -0.4 is 11.1 Å². The maximum absolute atomic E-state index is 12.4. The number of aliphatic hydroxyl groups excluding tert-OH is 1. The van der Waals surface area contributed by atoms with Gasteiger partial charge in [0.1, 0.15) is 4.88 Å². The van der Waals surface area contributed by atoms with Crippen LogP contribution in [-0.4, -0.2) is 35.2 Å². The molecule has 7 heteroatoms. The number of rotatable bonds is 5. The van der Waals surface area contributed by atoms with Gasteiger partial charge in [0, 0.05) is 21.4 Å². The van der Waals surface area contributed by atoms with Crippen molar-refractivity contribution in [2.45, 2.75) is 18.2 Å². The zero-order valence-corrected chi connectivity index (χ0v) is 14.1. The molecule has 2 rings (SSSR count). The molecular formula is C14H17ClN2O2S2. The third-order valence-corrected chi connectivity index (χ3v) is 5.95. The molecule has 1 aromatic heterocycles. The summed E-state index contributed by atoms with van der Waals surface area (Å²) in [6.07, 6.45) is 1.90. The summed E-state index contributed by atoms with van der Waals surface area (Å²) in [6.45, 7) is 1.88. The smallest absolute Gasteiger partial charge is 0.263 e. The van der Waals surface area contributed by atoms with Crippen LogP contribution in [0.4, 0.5) is 5.69 Å². The van der Waals surface area contributed by atoms with Crippen LogP contribution >= 0.6 is 34.7 Å². The second-order valence-corrected chi connectivity index (χ2v) is 7.21. The van der Waals surface area contributed by atoms with Gasteiger partial charge in [0.2, 0.25) is 0 Å². The topological polar surface area (TPSA) is 75.3 Å². The summed E-state index contributed by atoms with van der Waals surface area (Å²) in [5, 5.41) is 13.4. The van der Waals surface area contributed by atoms with Crippen molar-refractivity contribution in [3.05, 3.63) is 28.1 Å². The number of nitrogens with two attached hydrogens (primary N) is 1. The standard InChI is InChI=1S/C14H17ClN2O2S2/c1-7(10(6-18)20-2)17-14(19)13-12(16)11-8(15)4-3-5-9(11)21-13/h3-5,7,10,18H,6,16H2,1-2H3,(H,17,19). The minimum Gasteiger partial charge on any atom is -0.397 e. The third-order valence-electron chi connectivity index (χ3n) is 3.31. The number of fused-ring (bicyclic) bond motifs is 1. The predicted octanol–water partition coefficient (Wildman–Crippen LogP) is 2.98. The maximum atomic E-state index is 12.4. The highest BCUT2D eigenvalue weighted by Crippen LogP contribution is 2.38. The number of nitrogen functional groups attached to an aromatic ring is 1. The lowest BCUT2D eigenvalue weighted by Gasteiger charge is -2.21. The van der Waals surface area contributed by atoms with Crippen LogP contribution in [0.15, 0.2) is 18.2 Å². The molecule has 0 saturated carbocycles. The van der Waals surface area contributed by atoms with E-state index in [9.17, 15) is 9.90 Å². The Morgan fingerprint density at radius 3 is 2.86 bits per heavy atom. The number of hydrogen-bond acceptors (Lipinski definition) is 5. The summed E-state index contributed by atoms with van der Waals surface area (Å²) in [4.78, 5) is 12.8. The molecule has 0 saturated heterocycles. The number of thiophene rings is 1. The van der Waals surface area contributed by atoms with Crippen molar-refractivity contribution in [3.63, 3.8) is 0 Å². The highest BCUT2D eigenvalue weighted by atomic mass is 35.5. The Kier molecular flexibility index (Phi) is 5.37. The minimum atomic E-state index is -0.232.